The molecule has 0 bridgehead atoms. The largest absolute Gasteiger partial charge is 0.221 e. The van der Waals surface area contributed by atoms with Crippen molar-refractivity contribution in [3.05, 3.63) is 36.3 Å². The SMILES string of the molecule is CCc1ccn(-c2cccnn2)n1. The Hall–Kier alpha value is -1.71. The van der Waals surface area contributed by atoms with E-state index < -0.39 is 0 Å². The van der Waals surface area contributed by atoms with Crippen molar-refractivity contribution in [2.45, 2.75) is 13.3 Å². The average molecular weight is 174 g/mol. The first-order valence-corrected chi connectivity index (χ1v) is 4.23. The van der Waals surface area contributed by atoms with E-state index in [1.165, 1.54) is 0 Å². The first-order chi connectivity index (χ1) is 6.40. The third kappa shape index (κ3) is 1.56. The normalized spacial score (nSPS) is 10.2. The van der Waals surface area contributed by atoms with Gasteiger partial charge in [0.25, 0.3) is 0 Å². The number of rotatable bonds is 2. The number of hydrogen-bond donors (Lipinski definition) is 0. The monoisotopic (exact) mass is 174 g/mol. The summed E-state index contributed by atoms with van der Waals surface area (Å²) in [5.74, 6) is 0.752. The standard InChI is InChI=1S/C9H10N4/c1-2-8-5-7-13(12-8)9-4-3-6-10-11-9/h3-7H,2H2,1H3. The van der Waals surface area contributed by atoms with E-state index in [1.807, 2.05) is 24.4 Å². The van der Waals surface area contributed by atoms with Crippen molar-refractivity contribution >= 4 is 0 Å². The summed E-state index contributed by atoms with van der Waals surface area (Å²) >= 11 is 0. The molecule has 2 aromatic rings. The predicted octanol–water partition coefficient (Wildman–Crippen LogP) is 1.22. The molecule has 4 heteroatoms. The fourth-order valence-electron chi connectivity index (χ4n) is 1.09. The third-order valence-corrected chi connectivity index (χ3v) is 1.80. The van der Waals surface area contributed by atoms with Gasteiger partial charge in [0.1, 0.15) is 0 Å². The Bertz CT molecular complexity index is 380. The van der Waals surface area contributed by atoms with Gasteiger partial charge in [0, 0.05) is 12.4 Å². The number of aromatic nitrogens is 4. The number of nitrogens with zero attached hydrogens (tertiary/aromatic N) is 4. The van der Waals surface area contributed by atoms with Crippen LogP contribution in [0.15, 0.2) is 30.6 Å². The highest BCUT2D eigenvalue weighted by atomic mass is 15.3. The van der Waals surface area contributed by atoms with Gasteiger partial charge >= 0.3 is 0 Å². The van der Waals surface area contributed by atoms with E-state index >= 15 is 0 Å². The Morgan fingerprint density at radius 1 is 1.38 bits per heavy atom. The van der Waals surface area contributed by atoms with E-state index in [1.54, 1.807) is 10.9 Å². The van der Waals surface area contributed by atoms with Gasteiger partial charge in [0.05, 0.1) is 5.69 Å². The van der Waals surface area contributed by atoms with Crippen LogP contribution >= 0.6 is 0 Å². The fraction of sp³-hybridized carbons (Fsp3) is 0.222. The minimum absolute atomic E-state index is 0.752. The maximum atomic E-state index is 4.31. The molecule has 0 N–H and O–H groups in total. The van der Waals surface area contributed by atoms with Crippen molar-refractivity contribution in [2.75, 3.05) is 0 Å². The van der Waals surface area contributed by atoms with Crippen molar-refractivity contribution in [3.8, 4) is 5.82 Å². The van der Waals surface area contributed by atoms with E-state index in [0.717, 1.165) is 17.9 Å². The van der Waals surface area contributed by atoms with Crippen LogP contribution in [0.2, 0.25) is 0 Å². The van der Waals surface area contributed by atoms with Crippen LogP contribution in [0, 0.1) is 0 Å². The van der Waals surface area contributed by atoms with Gasteiger partial charge in [-0.05, 0) is 24.6 Å². The van der Waals surface area contributed by atoms with Crippen molar-refractivity contribution in [1.29, 1.82) is 0 Å². The van der Waals surface area contributed by atoms with E-state index in [9.17, 15) is 0 Å². The van der Waals surface area contributed by atoms with Crippen molar-refractivity contribution in [3.63, 3.8) is 0 Å². The Balaban J connectivity index is 2.36. The molecule has 0 amide bonds. The molecular weight excluding hydrogens is 164 g/mol. The molecule has 0 aromatic carbocycles. The van der Waals surface area contributed by atoms with E-state index in [0.29, 0.717) is 0 Å². The number of hydrogen-bond acceptors (Lipinski definition) is 3. The third-order valence-electron chi connectivity index (χ3n) is 1.80. The second-order valence-corrected chi connectivity index (χ2v) is 2.69. The summed E-state index contributed by atoms with van der Waals surface area (Å²) in [7, 11) is 0. The average Bonchev–Trinajstić information content (AvgIpc) is 2.67. The van der Waals surface area contributed by atoms with Gasteiger partial charge in [-0.3, -0.25) is 0 Å². The lowest BCUT2D eigenvalue weighted by Gasteiger charge is -1.96. The Morgan fingerprint density at radius 2 is 2.31 bits per heavy atom. The molecule has 0 aliphatic rings. The highest BCUT2D eigenvalue weighted by Gasteiger charge is 1.99. The summed E-state index contributed by atoms with van der Waals surface area (Å²) in [6.45, 7) is 2.07. The van der Waals surface area contributed by atoms with Gasteiger partial charge in [0.15, 0.2) is 5.82 Å². The summed E-state index contributed by atoms with van der Waals surface area (Å²) in [5, 5.41) is 12.0. The topological polar surface area (TPSA) is 43.6 Å². The maximum absolute atomic E-state index is 4.31. The minimum Gasteiger partial charge on any atom is -0.221 e. The molecule has 13 heavy (non-hydrogen) atoms. The van der Waals surface area contributed by atoms with Gasteiger partial charge in [-0.1, -0.05) is 6.92 Å². The maximum Gasteiger partial charge on any atom is 0.175 e. The zero-order valence-electron chi connectivity index (χ0n) is 7.38. The Kier molecular flexibility index (Phi) is 2.04. The van der Waals surface area contributed by atoms with Crippen molar-refractivity contribution in [2.24, 2.45) is 0 Å². The lowest BCUT2D eigenvalue weighted by atomic mass is 10.4. The smallest absolute Gasteiger partial charge is 0.175 e. The summed E-state index contributed by atoms with van der Waals surface area (Å²) in [4.78, 5) is 0. The van der Waals surface area contributed by atoms with Crippen LogP contribution < -0.4 is 0 Å². The van der Waals surface area contributed by atoms with E-state index in [4.69, 9.17) is 0 Å². The van der Waals surface area contributed by atoms with Crippen molar-refractivity contribution < 1.29 is 0 Å². The van der Waals surface area contributed by atoms with E-state index in [2.05, 4.69) is 22.2 Å². The summed E-state index contributed by atoms with van der Waals surface area (Å²) in [6, 6.07) is 5.70. The summed E-state index contributed by atoms with van der Waals surface area (Å²) in [6.07, 6.45) is 4.48. The molecule has 0 spiro atoms. The molecule has 0 saturated carbocycles. The van der Waals surface area contributed by atoms with Crippen LogP contribution in [0.1, 0.15) is 12.6 Å². The summed E-state index contributed by atoms with van der Waals surface area (Å²) < 4.78 is 1.73. The Labute approximate surface area is 76.2 Å². The zero-order chi connectivity index (χ0) is 9.10. The Morgan fingerprint density at radius 3 is 2.92 bits per heavy atom. The fourth-order valence-corrected chi connectivity index (χ4v) is 1.09. The van der Waals surface area contributed by atoms with Crippen LogP contribution in [-0.2, 0) is 6.42 Å². The molecule has 2 rings (SSSR count). The van der Waals surface area contributed by atoms with Crippen LogP contribution in [0.5, 0.6) is 0 Å². The van der Waals surface area contributed by atoms with Gasteiger partial charge in [0.2, 0.25) is 0 Å². The van der Waals surface area contributed by atoms with Crippen LogP contribution in [-0.4, -0.2) is 20.0 Å². The second kappa shape index (κ2) is 3.35. The molecule has 0 radical (unpaired) electrons. The van der Waals surface area contributed by atoms with Crippen LogP contribution in [0.4, 0.5) is 0 Å². The predicted molar refractivity (Wildman–Crippen MR) is 48.5 cm³/mol. The lowest BCUT2D eigenvalue weighted by molar-refractivity contribution is 0.792. The first-order valence-electron chi connectivity index (χ1n) is 4.23. The molecule has 0 aliphatic carbocycles. The molecule has 4 nitrogen and oxygen atoms in total. The van der Waals surface area contributed by atoms with Crippen molar-refractivity contribution in [1.82, 2.24) is 20.0 Å². The quantitative estimate of drug-likeness (QED) is 0.687. The second-order valence-electron chi connectivity index (χ2n) is 2.69. The molecule has 2 heterocycles. The molecule has 2 aromatic heterocycles. The van der Waals surface area contributed by atoms with Gasteiger partial charge in [-0.25, -0.2) is 4.68 Å². The zero-order valence-corrected chi connectivity index (χ0v) is 7.38. The van der Waals surface area contributed by atoms with Gasteiger partial charge in [-0.2, -0.15) is 10.2 Å². The molecule has 0 saturated heterocycles. The molecule has 66 valence electrons. The molecule has 0 aliphatic heterocycles. The molecule has 0 unspecified atom stereocenters. The number of aryl methyl sites for hydroxylation is 1. The first kappa shape index (κ1) is 7.91. The minimum atomic E-state index is 0.752. The van der Waals surface area contributed by atoms with Gasteiger partial charge in [-0.15, -0.1) is 5.10 Å². The lowest BCUT2D eigenvalue weighted by Crippen LogP contribution is -1.99. The molecular formula is C9H10N4. The van der Waals surface area contributed by atoms with Crippen LogP contribution in [0.3, 0.4) is 0 Å². The molecule has 0 fully saturated rings. The van der Waals surface area contributed by atoms with Gasteiger partial charge < -0.3 is 0 Å². The summed E-state index contributed by atoms with van der Waals surface area (Å²) in [5.41, 5.74) is 1.06. The highest BCUT2D eigenvalue weighted by molar-refractivity contribution is 5.18. The van der Waals surface area contributed by atoms with Crippen LogP contribution in [0.25, 0.3) is 5.82 Å². The highest BCUT2D eigenvalue weighted by Crippen LogP contribution is 2.02. The molecule has 0 atom stereocenters. The van der Waals surface area contributed by atoms with E-state index in [-0.39, 0.29) is 0 Å².